The van der Waals surface area contributed by atoms with Gasteiger partial charge in [-0.05, 0) is 36.5 Å². The Balaban J connectivity index is 1.61. The van der Waals surface area contributed by atoms with Crippen LogP contribution < -0.4 is 10.2 Å². The van der Waals surface area contributed by atoms with Crippen molar-refractivity contribution in [2.45, 2.75) is 12.8 Å². The zero-order chi connectivity index (χ0) is 15.4. The van der Waals surface area contributed by atoms with Gasteiger partial charge in [-0.15, -0.1) is 10.2 Å². The molecule has 1 aliphatic heterocycles. The van der Waals surface area contributed by atoms with Crippen LogP contribution in [0.2, 0.25) is 0 Å². The molecule has 1 aromatic carbocycles. The van der Waals surface area contributed by atoms with Crippen molar-refractivity contribution in [2.24, 2.45) is 5.92 Å². The maximum atomic E-state index is 11.5. The van der Waals surface area contributed by atoms with E-state index in [1.807, 2.05) is 12.1 Å². The Hall–Kier alpha value is -2.43. The SMILES string of the molecule is CNC(=O)c1ccc(N2CCC(Cc3ccccc3)C2)nn1. The Morgan fingerprint density at radius 2 is 2.05 bits per heavy atom. The molecular formula is C17H20N4O. The van der Waals surface area contributed by atoms with Crippen molar-refractivity contribution in [3.63, 3.8) is 0 Å². The summed E-state index contributed by atoms with van der Waals surface area (Å²) in [5, 5.41) is 10.7. The van der Waals surface area contributed by atoms with Gasteiger partial charge in [0, 0.05) is 20.1 Å². The normalized spacial score (nSPS) is 17.5. The lowest BCUT2D eigenvalue weighted by atomic mass is 9.99. The van der Waals surface area contributed by atoms with Gasteiger partial charge < -0.3 is 10.2 Å². The number of amides is 1. The van der Waals surface area contributed by atoms with Crippen LogP contribution in [0.1, 0.15) is 22.5 Å². The second-order valence-electron chi connectivity index (χ2n) is 5.65. The van der Waals surface area contributed by atoms with Crippen LogP contribution in [0.25, 0.3) is 0 Å². The van der Waals surface area contributed by atoms with Gasteiger partial charge >= 0.3 is 0 Å². The van der Waals surface area contributed by atoms with E-state index in [2.05, 4.69) is 44.7 Å². The maximum absolute atomic E-state index is 11.5. The number of aromatic nitrogens is 2. The Labute approximate surface area is 130 Å². The predicted octanol–water partition coefficient (Wildman–Crippen LogP) is 1.91. The first-order valence-corrected chi connectivity index (χ1v) is 7.61. The summed E-state index contributed by atoms with van der Waals surface area (Å²) in [6, 6.07) is 14.2. The van der Waals surface area contributed by atoms with E-state index in [-0.39, 0.29) is 5.91 Å². The summed E-state index contributed by atoms with van der Waals surface area (Å²) in [6.07, 6.45) is 2.26. The molecule has 3 rings (SSSR count). The molecule has 5 heteroatoms. The molecular weight excluding hydrogens is 276 g/mol. The zero-order valence-corrected chi connectivity index (χ0v) is 12.7. The monoisotopic (exact) mass is 296 g/mol. The standard InChI is InChI=1S/C17H20N4O/c1-18-17(22)15-7-8-16(20-19-15)21-10-9-14(12-21)11-13-5-3-2-4-6-13/h2-8,14H,9-12H2,1H3,(H,18,22). The lowest BCUT2D eigenvalue weighted by molar-refractivity contribution is 0.0957. The van der Waals surface area contributed by atoms with Crippen molar-refractivity contribution >= 4 is 11.7 Å². The van der Waals surface area contributed by atoms with Gasteiger partial charge in [0.15, 0.2) is 11.5 Å². The number of carbonyl (C=O) groups excluding carboxylic acids is 1. The molecule has 114 valence electrons. The minimum Gasteiger partial charge on any atom is -0.355 e. The van der Waals surface area contributed by atoms with Crippen molar-refractivity contribution in [3.05, 3.63) is 53.7 Å². The van der Waals surface area contributed by atoms with Crippen LogP contribution in [-0.4, -0.2) is 36.2 Å². The molecule has 0 radical (unpaired) electrons. The third-order valence-electron chi connectivity index (χ3n) is 4.09. The average Bonchev–Trinajstić information content (AvgIpc) is 3.04. The van der Waals surface area contributed by atoms with Gasteiger partial charge in [0.25, 0.3) is 5.91 Å². The Morgan fingerprint density at radius 1 is 1.23 bits per heavy atom. The summed E-state index contributed by atoms with van der Waals surface area (Å²) in [5.74, 6) is 1.29. The summed E-state index contributed by atoms with van der Waals surface area (Å²) in [5.41, 5.74) is 1.74. The first-order valence-electron chi connectivity index (χ1n) is 7.61. The fourth-order valence-corrected chi connectivity index (χ4v) is 2.90. The largest absolute Gasteiger partial charge is 0.355 e. The summed E-state index contributed by atoms with van der Waals surface area (Å²) < 4.78 is 0. The van der Waals surface area contributed by atoms with Gasteiger partial charge in [-0.1, -0.05) is 30.3 Å². The van der Waals surface area contributed by atoms with E-state index >= 15 is 0 Å². The van der Waals surface area contributed by atoms with Crippen molar-refractivity contribution in [1.82, 2.24) is 15.5 Å². The molecule has 1 saturated heterocycles. The smallest absolute Gasteiger partial charge is 0.271 e. The fourth-order valence-electron chi connectivity index (χ4n) is 2.90. The molecule has 2 aromatic rings. The highest BCUT2D eigenvalue weighted by atomic mass is 16.1. The van der Waals surface area contributed by atoms with Crippen LogP contribution >= 0.6 is 0 Å². The van der Waals surface area contributed by atoms with Crippen molar-refractivity contribution in [2.75, 3.05) is 25.0 Å². The second kappa shape index (κ2) is 6.56. The number of rotatable bonds is 4. The number of nitrogens with zero attached hydrogens (tertiary/aromatic N) is 3. The molecule has 0 spiro atoms. The summed E-state index contributed by atoms with van der Waals surface area (Å²) in [7, 11) is 1.59. The molecule has 2 heterocycles. The van der Waals surface area contributed by atoms with Crippen LogP contribution in [0.4, 0.5) is 5.82 Å². The van der Waals surface area contributed by atoms with E-state index in [4.69, 9.17) is 0 Å². The highest BCUT2D eigenvalue weighted by molar-refractivity contribution is 5.91. The van der Waals surface area contributed by atoms with Crippen molar-refractivity contribution in [3.8, 4) is 0 Å². The topological polar surface area (TPSA) is 58.1 Å². The molecule has 1 amide bonds. The van der Waals surface area contributed by atoms with Crippen LogP contribution in [-0.2, 0) is 6.42 Å². The fraction of sp³-hybridized carbons (Fsp3) is 0.353. The average molecular weight is 296 g/mol. The van der Waals surface area contributed by atoms with E-state index in [9.17, 15) is 4.79 Å². The molecule has 1 atom stereocenters. The molecule has 5 nitrogen and oxygen atoms in total. The van der Waals surface area contributed by atoms with E-state index in [1.54, 1.807) is 13.1 Å². The van der Waals surface area contributed by atoms with Gasteiger partial charge in [0.05, 0.1) is 0 Å². The number of hydrogen-bond donors (Lipinski definition) is 1. The second-order valence-corrected chi connectivity index (χ2v) is 5.65. The van der Waals surface area contributed by atoms with Crippen molar-refractivity contribution < 1.29 is 4.79 Å². The molecule has 0 aliphatic carbocycles. The number of benzene rings is 1. The van der Waals surface area contributed by atoms with Gasteiger partial charge in [-0.25, -0.2) is 0 Å². The van der Waals surface area contributed by atoms with Gasteiger partial charge in [0.1, 0.15) is 0 Å². The predicted molar refractivity (Wildman–Crippen MR) is 85.9 cm³/mol. The number of hydrogen-bond acceptors (Lipinski definition) is 4. The van der Waals surface area contributed by atoms with Gasteiger partial charge in [0.2, 0.25) is 0 Å². The number of carbonyl (C=O) groups is 1. The maximum Gasteiger partial charge on any atom is 0.271 e. The van der Waals surface area contributed by atoms with Gasteiger partial charge in [-0.3, -0.25) is 4.79 Å². The van der Waals surface area contributed by atoms with E-state index < -0.39 is 0 Å². The minimum absolute atomic E-state index is 0.206. The Bertz CT molecular complexity index is 627. The van der Waals surface area contributed by atoms with E-state index in [0.717, 1.165) is 31.7 Å². The van der Waals surface area contributed by atoms with Crippen LogP contribution in [0.5, 0.6) is 0 Å². The summed E-state index contributed by atoms with van der Waals surface area (Å²) >= 11 is 0. The number of anilines is 1. The third kappa shape index (κ3) is 3.24. The quantitative estimate of drug-likeness (QED) is 0.936. The molecule has 1 N–H and O–H groups in total. The Kier molecular flexibility index (Phi) is 4.32. The van der Waals surface area contributed by atoms with Crippen LogP contribution in [0.15, 0.2) is 42.5 Å². The van der Waals surface area contributed by atoms with E-state index in [0.29, 0.717) is 11.6 Å². The molecule has 1 unspecified atom stereocenters. The third-order valence-corrected chi connectivity index (χ3v) is 4.09. The first-order chi connectivity index (χ1) is 10.8. The highest BCUT2D eigenvalue weighted by Crippen LogP contribution is 2.24. The highest BCUT2D eigenvalue weighted by Gasteiger charge is 2.24. The molecule has 1 aliphatic rings. The number of nitrogens with one attached hydrogen (secondary N) is 1. The molecule has 1 aromatic heterocycles. The zero-order valence-electron chi connectivity index (χ0n) is 12.7. The molecule has 22 heavy (non-hydrogen) atoms. The lowest BCUT2D eigenvalue weighted by Gasteiger charge is -2.17. The molecule has 1 fully saturated rings. The molecule has 0 saturated carbocycles. The van der Waals surface area contributed by atoms with Crippen LogP contribution in [0.3, 0.4) is 0 Å². The van der Waals surface area contributed by atoms with Crippen LogP contribution in [0, 0.1) is 5.92 Å². The minimum atomic E-state index is -0.206. The summed E-state index contributed by atoms with van der Waals surface area (Å²) in [4.78, 5) is 13.7. The molecule has 0 bridgehead atoms. The van der Waals surface area contributed by atoms with Gasteiger partial charge in [-0.2, -0.15) is 0 Å². The first kappa shape index (κ1) is 14.5. The summed E-state index contributed by atoms with van der Waals surface area (Å²) in [6.45, 7) is 1.98. The van der Waals surface area contributed by atoms with Crippen molar-refractivity contribution in [1.29, 1.82) is 0 Å². The lowest BCUT2D eigenvalue weighted by Crippen LogP contribution is -2.23. The van der Waals surface area contributed by atoms with E-state index in [1.165, 1.54) is 5.56 Å². The Morgan fingerprint density at radius 3 is 2.73 bits per heavy atom.